The Balaban J connectivity index is 2.78. The van der Waals surface area contributed by atoms with Crippen molar-refractivity contribution in [2.24, 2.45) is 5.10 Å². The summed E-state index contributed by atoms with van der Waals surface area (Å²) in [6, 6.07) is 8.84. The van der Waals surface area contributed by atoms with Crippen LogP contribution in [0.25, 0.3) is 0 Å². The van der Waals surface area contributed by atoms with Crippen molar-refractivity contribution in [3.05, 3.63) is 35.9 Å². The lowest BCUT2D eigenvalue weighted by Crippen LogP contribution is -2.28. The Labute approximate surface area is 144 Å². The largest absolute Gasteiger partial charge is 0.336 e. The molecular weight excluding hydrogens is 327 g/mol. The van der Waals surface area contributed by atoms with Gasteiger partial charge in [-0.15, -0.1) is 0 Å². The Morgan fingerprint density at radius 2 is 1.71 bits per heavy atom. The van der Waals surface area contributed by atoms with Crippen LogP contribution < -0.4 is 5.43 Å². The van der Waals surface area contributed by atoms with Crippen molar-refractivity contribution < 1.29 is 18.4 Å². The number of benzene rings is 1. The number of hydrazone groups is 1. The summed E-state index contributed by atoms with van der Waals surface area (Å²) < 4.78 is 23.8. The van der Waals surface area contributed by atoms with Crippen LogP contribution in [0.3, 0.4) is 0 Å². The zero-order chi connectivity index (χ0) is 18.2. The van der Waals surface area contributed by atoms with Crippen LogP contribution in [0.1, 0.15) is 51.4 Å². The molecule has 134 valence electrons. The number of amides is 1. The van der Waals surface area contributed by atoms with Gasteiger partial charge in [0.25, 0.3) is 5.91 Å². The van der Waals surface area contributed by atoms with Gasteiger partial charge in [-0.3, -0.25) is 9.36 Å². The van der Waals surface area contributed by atoms with Gasteiger partial charge in [0, 0.05) is 17.7 Å². The van der Waals surface area contributed by atoms with Crippen molar-refractivity contribution in [3.63, 3.8) is 0 Å². The van der Waals surface area contributed by atoms with E-state index in [4.69, 9.17) is 9.05 Å². The number of nitrogens with one attached hydrogen (secondary N) is 1. The molecule has 0 heterocycles. The highest BCUT2D eigenvalue weighted by Crippen LogP contribution is 2.61. The minimum atomic E-state index is -3.28. The van der Waals surface area contributed by atoms with Crippen LogP contribution >= 0.6 is 7.60 Å². The molecule has 0 atom stereocenters. The van der Waals surface area contributed by atoms with Crippen LogP contribution in [0, 0.1) is 0 Å². The van der Waals surface area contributed by atoms with E-state index in [9.17, 15) is 9.36 Å². The zero-order valence-electron chi connectivity index (χ0n) is 15.0. The van der Waals surface area contributed by atoms with Crippen LogP contribution in [0.5, 0.6) is 0 Å². The van der Waals surface area contributed by atoms with E-state index in [0.29, 0.717) is 30.9 Å². The third-order valence-electron chi connectivity index (χ3n) is 3.41. The van der Waals surface area contributed by atoms with Crippen LogP contribution in [-0.4, -0.2) is 30.0 Å². The van der Waals surface area contributed by atoms with E-state index in [1.807, 2.05) is 19.9 Å². The number of hydrogen-bond acceptors (Lipinski definition) is 5. The maximum Gasteiger partial charge on any atom is 0.336 e. The lowest BCUT2D eigenvalue weighted by atomic mass is 10.1. The minimum Gasteiger partial charge on any atom is -0.308 e. The summed E-state index contributed by atoms with van der Waals surface area (Å²) in [6.45, 7) is 9.58. The molecule has 1 rings (SSSR count). The summed E-state index contributed by atoms with van der Waals surface area (Å²) in [5.74, 6) is -0.287. The fourth-order valence-electron chi connectivity index (χ4n) is 2.29. The number of rotatable bonds is 9. The lowest BCUT2D eigenvalue weighted by molar-refractivity contribution is 0.0954. The van der Waals surface area contributed by atoms with Gasteiger partial charge < -0.3 is 9.05 Å². The predicted octanol–water partition coefficient (Wildman–Crippen LogP) is 4.23. The highest BCUT2D eigenvalue weighted by atomic mass is 31.2. The Morgan fingerprint density at radius 3 is 2.21 bits per heavy atom. The molecule has 0 aliphatic carbocycles. The molecule has 6 nitrogen and oxygen atoms in total. The topological polar surface area (TPSA) is 77.0 Å². The van der Waals surface area contributed by atoms with Crippen molar-refractivity contribution in [3.8, 4) is 0 Å². The van der Waals surface area contributed by atoms with Crippen LogP contribution in [0.15, 0.2) is 35.4 Å². The van der Waals surface area contributed by atoms with Gasteiger partial charge in [-0.25, -0.2) is 5.43 Å². The molecule has 24 heavy (non-hydrogen) atoms. The van der Waals surface area contributed by atoms with Crippen molar-refractivity contribution in [1.29, 1.82) is 0 Å². The molecule has 0 saturated heterocycles. The van der Waals surface area contributed by atoms with E-state index in [1.54, 1.807) is 45.0 Å². The average Bonchev–Trinajstić information content (AvgIpc) is 2.53. The summed E-state index contributed by atoms with van der Waals surface area (Å²) in [5.41, 5.74) is 3.69. The van der Waals surface area contributed by atoms with Gasteiger partial charge in [0.2, 0.25) is 0 Å². The Hall–Kier alpha value is -1.49. The van der Waals surface area contributed by atoms with Gasteiger partial charge in [-0.2, -0.15) is 5.10 Å². The monoisotopic (exact) mass is 354 g/mol. The molecule has 0 radical (unpaired) electrons. The summed E-state index contributed by atoms with van der Waals surface area (Å²) in [7, 11) is -3.28. The third-order valence-corrected chi connectivity index (χ3v) is 6.25. The molecule has 1 aromatic rings. The number of carbonyl (C=O) groups is 1. The van der Waals surface area contributed by atoms with E-state index in [0.717, 1.165) is 0 Å². The number of carbonyl (C=O) groups excluding carboxylic acids is 1. The van der Waals surface area contributed by atoms with E-state index >= 15 is 0 Å². The normalized spacial score (nSPS) is 13.0. The Bertz CT molecular complexity index is 604. The summed E-state index contributed by atoms with van der Waals surface area (Å²) in [4.78, 5) is 12.0. The molecule has 1 N–H and O–H groups in total. The van der Waals surface area contributed by atoms with Crippen molar-refractivity contribution in [1.82, 2.24) is 5.43 Å². The standard InChI is InChI=1S/C17H27N2O4P/c1-6-22-24(21,23-7-2)17(4,5)13-14(3)18-19-16(20)15-11-9-8-10-12-15/h8-12H,6-7,13H2,1-5H3,(H,19,20). The van der Waals surface area contributed by atoms with Crippen molar-refractivity contribution in [2.75, 3.05) is 13.2 Å². The molecule has 1 amide bonds. The molecule has 0 saturated carbocycles. The Kier molecular flexibility index (Phi) is 7.80. The second-order valence-electron chi connectivity index (χ2n) is 5.98. The van der Waals surface area contributed by atoms with E-state index in [1.165, 1.54) is 0 Å². The number of nitrogens with zero attached hydrogens (tertiary/aromatic N) is 1. The highest BCUT2D eigenvalue weighted by molar-refractivity contribution is 7.55. The zero-order valence-corrected chi connectivity index (χ0v) is 15.9. The molecule has 0 aliphatic rings. The highest BCUT2D eigenvalue weighted by Gasteiger charge is 2.43. The van der Waals surface area contributed by atoms with Gasteiger partial charge >= 0.3 is 7.60 Å². The average molecular weight is 354 g/mol. The van der Waals surface area contributed by atoms with Gasteiger partial charge in [0.1, 0.15) is 0 Å². The van der Waals surface area contributed by atoms with Crippen LogP contribution in [0.4, 0.5) is 0 Å². The minimum absolute atomic E-state index is 0.287. The van der Waals surface area contributed by atoms with Gasteiger partial charge in [-0.1, -0.05) is 18.2 Å². The van der Waals surface area contributed by atoms with E-state index in [-0.39, 0.29) is 5.91 Å². The first-order valence-electron chi connectivity index (χ1n) is 8.03. The summed E-state index contributed by atoms with van der Waals surface area (Å²) in [6.07, 6.45) is 0.374. The Morgan fingerprint density at radius 1 is 1.17 bits per heavy atom. The molecule has 0 unspecified atom stereocenters. The fourth-order valence-corrected chi connectivity index (χ4v) is 4.17. The second kappa shape index (κ2) is 9.11. The summed E-state index contributed by atoms with van der Waals surface area (Å²) >= 11 is 0. The smallest absolute Gasteiger partial charge is 0.308 e. The van der Waals surface area contributed by atoms with Crippen molar-refractivity contribution >= 4 is 19.2 Å². The number of hydrogen-bond donors (Lipinski definition) is 1. The maximum atomic E-state index is 12.9. The summed E-state index contributed by atoms with van der Waals surface area (Å²) in [5, 5.41) is 3.36. The quantitative estimate of drug-likeness (QED) is 0.409. The SMILES string of the molecule is CCOP(=O)(OCC)C(C)(C)CC(C)=NNC(=O)c1ccccc1. The second-order valence-corrected chi connectivity index (χ2v) is 8.70. The first kappa shape index (κ1) is 20.6. The molecule has 0 spiro atoms. The van der Waals surface area contributed by atoms with Crippen LogP contribution in [0.2, 0.25) is 0 Å². The molecule has 0 aromatic heterocycles. The predicted molar refractivity (Wildman–Crippen MR) is 96.6 cm³/mol. The van der Waals surface area contributed by atoms with Gasteiger partial charge in [-0.05, 0) is 46.8 Å². The van der Waals surface area contributed by atoms with Gasteiger partial charge in [0.15, 0.2) is 0 Å². The van der Waals surface area contributed by atoms with Crippen LogP contribution in [-0.2, 0) is 13.6 Å². The molecular formula is C17H27N2O4P. The molecule has 7 heteroatoms. The maximum absolute atomic E-state index is 12.9. The first-order chi connectivity index (χ1) is 11.3. The fraction of sp³-hybridized carbons (Fsp3) is 0.529. The van der Waals surface area contributed by atoms with Gasteiger partial charge in [0.05, 0.1) is 18.4 Å². The molecule has 0 aliphatic heterocycles. The lowest BCUT2D eigenvalue weighted by Gasteiger charge is -2.32. The molecule has 1 aromatic carbocycles. The van der Waals surface area contributed by atoms with E-state index in [2.05, 4.69) is 10.5 Å². The third kappa shape index (κ3) is 5.55. The molecule has 0 fully saturated rings. The molecule has 0 bridgehead atoms. The first-order valence-corrected chi connectivity index (χ1v) is 9.57. The van der Waals surface area contributed by atoms with E-state index < -0.39 is 12.8 Å². The van der Waals surface area contributed by atoms with Crippen molar-refractivity contribution in [2.45, 2.75) is 46.2 Å².